The Bertz CT molecular complexity index is 575. The van der Waals surface area contributed by atoms with Crippen molar-refractivity contribution in [2.75, 3.05) is 13.7 Å². The Hall–Kier alpha value is -2.13. The lowest BCUT2D eigenvalue weighted by molar-refractivity contribution is -0.143. The van der Waals surface area contributed by atoms with Crippen LogP contribution in [0.3, 0.4) is 0 Å². The SMILES string of the molecule is COC(=O)COc1nc2c(cc1C#N)COC(C)(C)C2. The highest BCUT2D eigenvalue weighted by molar-refractivity contribution is 5.70. The molecule has 0 radical (unpaired) electrons. The van der Waals surface area contributed by atoms with Crippen molar-refractivity contribution in [3.63, 3.8) is 0 Å². The van der Waals surface area contributed by atoms with Gasteiger partial charge in [-0.1, -0.05) is 0 Å². The van der Waals surface area contributed by atoms with Crippen molar-refractivity contribution < 1.29 is 19.0 Å². The summed E-state index contributed by atoms with van der Waals surface area (Å²) in [6.45, 7) is 4.10. The number of carbonyl (C=O) groups is 1. The Labute approximate surface area is 117 Å². The molecular weight excluding hydrogens is 260 g/mol. The molecule has 1 aromatic heterocycles. The van der Waals surface area contributed by atoms with Gasteiger partial charge in [-0.25, -0.2) is 9.78 Å². The first-order valence-electron chi connectivity index (χ1n) is 6.21. The third kappa shape index (κ3) is 3.06. The average molecular weight is 276 g/mol. The van der Waals surface area contributed by atoms with Gasteiger partial charge in [0.15, 0.2) is 6.61 Å². The molecule has 0 saturated heterocycles. The van der Waals surface area contributed by atoms with Crippen LogP contribution in [-0.2, 0) is 27.3 Å². The van der Waals surface area contributed by atoms with Gasteiger partial charge < -0.3 is 14.2 Å². The first-order chi connectivity index (χ1) is 9.45. The van der Waals surface area contributed by atoms with Crippen LogP contribution in [0, 0.1) is 11.3 Å². The molecule has 6 nitrogen and oxygen atoms in total. The van der Waals surface area contributed by atoms with E-state index in [0.717, 1.165) is 11.3 Å². The summed E-state index contributed by atoms with van der Waals surface area (Å²) in [6.07, 6.45) is 0.628. The van der Waals surface area contributed by atoms with E-state index in [1.54, 1.807) is 6.07 Å². The van der Waals surface area contributed by atoms with Crippen LogP contribution >= 0.6 is 0 Å². The molecule has 0 spiro atoms. The second-order valence-electron chi connectivity index (χ2n) is 5.15. The number of hydrogen-bond donors (Lipinski definition) is 0. The van der Waals surface area contributed by atoms with Crippen LogP contribution in [0.5, 0.6) is 5.88 Å². The lowest BCUT2D eigenvalue weighted by Crippen LogP contribution is -2.32. The zero-order valence-corrected chi connectivity index (χ0v) is 11.7. The molecule has 20 heavy (non-hydrogen) atoms. The van der Waals surface area contributed by atoms with Crippen LogP contribution in [0.15, 0.2) is 6.07 Å². The summed E-state index contributed by atoms with van der Waals surface area (Å²) >= 11 is 0. The molecule has 0 aliphatic carbocycles. The fourth-order valence-corrected chi connectivity index (χ4v) is 1.96. The van der Waals surface area contributed by atoms with Gasteiger partial charge in [0.2, 0.25) is 5.88 Å². The molecule has 0 unspecified atom stereocenters. The zero-order valence-electron chi connectivity index (χ0n) is 11.7. The third-order valence-electron chi connectivity index (χ3n) is 3.04. The van der Waals surface area contributed by atoms with E-state index in [9.17, 15) is 4.79 Å². The molecule has 0 fully saturated rings. The van der Waals surface area contributed by atoms with E-state index in [4.69, 9.17) is 14.7 Å². The van der Waals surface area contributed by atoms with E-state index < -0.39 is 5.97 Å². The minimum atomic E-state index is -0.517. The Kier molecular flexibility index (Phi) is 3.91. The second kappa shape index (κ2) is 5.47. The van der Waals surface area contributed by atoms with E-state index in [0.29, 0.717) is 13.0 Å². The van der Waals surface area contributed by atoms with E-state index in [1.165, 1.54) is 7.11 Å². The molecular formula is C14H16N2O4. The van der Waals surface area contributed by atoms with Crippen molar-refractivity contribution in [1.82, 2.24) is 4.98 Å². The average Bonchev–Trinajstić information content (AvgIpc) is 2.42. The normalized spacial score (nSPS) is 15.9. The highest BCUT2D eigenvalue weighted by atomic mass is 16.6. The monoisotopic (exact) mass is 276 g/mol. The highest BCUT2D eigenvalue weighted by Gasteiger charge is 2.28. The number of ether oxygens (including phenoxy) is 3. The lowest BCUT2D eigenvalue weighted by atomic mass is 9.95. The third-order valence-corrected chi connectivity index (χ3v) is 3.04. The molecule has 6 heteroatoms. The molecule has 0 N–H and O–H groups in total. The van der Waals surface area contributed by atoms with Crippen molar-refractivity contribution in [1.29, 1.82) is 5.26 Å². The number of fused-ring (bicyclic) bond motifs is 1. The molecule has 1 aromatic rings. The molecule has 0 aromatic carbocycles. The highest BCUT2D eigenvalue weighted by Crippen LogP contribution is 2.29. The first-order valence-corrected chi connectivity index (χ1v) is 6.21. The van der Waals surface area contributed by atoms with E-state index >= 15 is 0 Å². The number of nitrogens with zero attached hydrogens (tertiary/aromatic N) is 2. The van der Waals surface area contributed by atoms with Crippen LogP contribution in [0.2, 0.25) is 0 Å². The van der Waals surface area contributed by atoms with Crippen LogP contribution < -0.4 is 4.74 Å². The van der Waals surface area contributed by atoms with Gasteiger partial charge in [0.05, 0.1) is 25.0 Å². The van der Waals surface area contributed by atoms with Crippen molar-refractivity contribution in [2.24, 2.45) is 0 Å². The van der Waals surface area contributed by atoms with E-state index in [1.807, 2.05) is 19.9 Å². The van der Waals surface area contributed by atoms with Gasteiger partial charge >= 0.3 is 5.97 Å². The fourth-order valence-electron chi connectivity index (χ4n) is 1.96. The summed E-state index contributed by atoms with van der Waals surface area (Å²) < 4.78 is 15.4. The predicted octanol–water partition coefficient (Wildman–Crippen LogP) is 1.36. The standard InChI is InChI=1S/C14H16N2O4/c1-14(2)5-11-10(7-20-14)4-9(6-15)13(16-11)19-8-12(17)18-3/h4H,5,7-8H2,1-3H3. The fraction of sp³-hybridized carbons (Fsp3) is 0.500. The minimum absolute atomic E-state index is 0.161. The Morgan fingerprint density at radius 3 is 3.00 bits per heavy atom. The summed E-state index contributed by atoms with van der Waals surface area (Å²) in [5, 5.41) is 9.12. The molecule has 0 atom stereocenters. The Balaban J connectivity index is 2.28. The molecule has 2 rings (SSSR count). The van der Waals surface area contributed by atoms with Gasteiger partial charge in [-0.2, -0.15) is 5.26 Å². The van der Waals surface area contributed by atoms with Gasteiger partial charge in [0, 0.05) is 12.0 Å². The summed E-state index contributed by atoms with van der Waals surface area (Å²) in [6, 6.07) is 3.71. The van der Waals surface area contributed by atoms with E-state index in [-0.39, 0.29) is 23.7 Å². The number of carbonyl (C=O) groups excluding carboxylic acids is 1. The number of rotatable bonds is 3. The van der Waals surface area contributed by atoms with Gasteiger partial charge in [0.1, 0.15) is 11.6 Å². The topological polar surface area (TPSA) is 81.4 Å². The largest absolute Gasteiger partial charge is 0.466 e. The smallest absolute Gasteiger partial charge is 0.343 e. The molecule has 1 aliphatic heterocycles. The van der Waals surface area contributed by atoms with Crippen LogP contribution in [-0.4, -0.2) is 30.3 Å². The van der Waals surface area contributed by atoms with Crippen LogP contribution in [0.1, 0.15) is 30.7 Å². The van der Waals surface area contributed by atoms with Gasteiger partial charge in [-0.05, 0) is 19.9 Å². The van der Waals surface area contributed by atoms with Gasteiger partial charge in [-0.15, -0.1) is 0 Å². The van der Waals surface area contributed by atoms with Gasteiger partial charge in [0.25, 0.3) is 0 Å². The van der Waals surface area contributed by atoms with Crippen LogP contribution in [0.25, 0.3) is 0 Å². The Morgan fingerprint density at radius 1 is 1.60 bits per heavy atom. The quantitative estimate of drug-likeness (QED) is 0.775. The maximum absolute atomic E-state index is 11.1. The molecule has 1 aliphatic rings. The second-order valence-corrected chi connectivity index (χ2v) is 5.15. The maximum Gasteiger partial charge on any atom is 0.343 e. The number of hydrogen-bond acceptors (Lipinski definition) is 6. The minimum Gasteiger partial charge on any atom is -0.466 e. The van der Waals surface area contributed by atoms with Crippen molar-refractivity contribution in [2.45, 2.75) is 32.5 Å². The number of nitriles is 1. The number of methoxy groups -OCH3 is 1. The Morgan fingerprint density at radius 2 is 2.35 bits per heavy atom. The van der Waals surface area contributed by atoms with Crippen molar-refractivity contribution >= 4 is 5.97 Å². The molecule has 0 bridgehead atoms. The molecule has 106 valence electrons. The summed E-state index contributed by atoms with van der Waals surface area (Å²) in [4.78, 5) is 15.5. The summed E-state index contributed by atoms with van der Waals surface area (Å²) in [5.74, 6) is -0.355. The zero-order chi connectivity index (χ0) is 14.8. The lowest BCUT2D eigenvalue weighted by Gasteiger charge is -2.31. The summed E-state index contributed by atoms with van der Waals surface area (Å²) in [5.41, 5.74) is 1.70. The predicted molar refractivity (Wildman–Crippen MR) is 69.0 cm³/mol. The van der Waals surface area contributed by atoms with Crippen molar-refractivity contribution in [3.8, 4) is 11.9 Å². The number of pyridine rings is 1. The van der Waals surface area contributed by atoms with Crippen molar-refractivity contribution in [3.05, 3.63) is 22.9 Å². The van der Waals surface area contributed by atoms with E-state index in [2.05, 4.69) is 9.72 Å². The number of esters is 1. The number of aromatic nitrogens is 1. The maximum atomic E-state index is 11.1. The van der Waals surface area contributed by atoms with Gasteiger partial charge in [-0.3, -0.25) is 0 Å². The molecule has 0 saturated carbocycles. The molecule has 2 heterocycles. The molecule has 0 amide bonds. The first kappa shape index (κ1) is 14.3. The summed E-state index contributed by atoms with van der Waals surface area (Å²) in [7, 11) is 1.27. The van der Waals surface area contributed by atoms with Crippen LogP contribution in [0.4, 0.5) is 0 Å².